The van der Waals surface area contributed by atoms with E-state index in [4.69, 9.17) is 26.2 Å². The fourth-order valence-electron chi connectivity index (χ4n) is 6.23. The SMILES string of the molecule is CCCCNC(=O)CCCCCCC(=O)NCCCCC(NC(=O)C(Cc1ccc2ccccc2c1)NC(=O)C[NH-])C(=O)O.Cc1ccc(O)cc1.O=C(O)CC[C@H](NC(=O)NCC(=O)O)C(=O)O.[CH3-].[K+]. The van der Waals surface area contributed by atoms with Crippen molar-refractivity contribution in [2.75, 3.05) is 26.2 Å². The third kappa shape index (κ3) is 33.5. The van der Waals surface area contributed by atoms with Crippen LogP contribution in [-0.4, -0.2) is 123 Å². The van der Waals surface area contributed by atoms with Gasteiger partial charge in [0.25, 0.3) is 0 Å². The standard InChI is InChI=1S/C33H48N5O6.C8H12N2O7.C7H8O.CH3.K/c1-2-3-19-35-29(39)15-6-4-5-7-16-30(40)36-20-11-10-14-27(33(43)44)38-32(42)28(37-31(41)23-34)22-24-17-18-25-12-8-9-13-26(25)21-24;11-5(12)2-1-4(7(15)16)10-8(17)9-3-6(13)14;1-6-2-4-7(8)5-3-6;;/h8-9,12-13,17-18,21,27-28,34H,2-7,10-11,14-16,19-20,22-23H2,1H3,(H,35,39)(H,36,40)(H,37,41)(H,38,42)(H,43,44);4H,1-3H2,(H,11,12)(H,13,14)(H,15,16)(H2,9,10,17);2-5,8H,1H3;1H3;/q-1;;;-1;+1/t;4-;;;/m.0.../s1. The number of aromatic hydroxyl groups is 1. The Morgan fingerprint density at radius 2 is 1.14 bits per heavy atom. The molecule has 0 radical (unpaired) electrons. The second kappa shape index (κ2) is 40.0. The van der Waals surface area contributed by atoms with E-state index in [1.54, 1.807) is 12.1 Å². The van der Waals surface area contributed by atoms with E-state index in [9.17, 15) is 48.3 Å². The zero-order valence-corrected chi connectivity index (χ0v) is 44.3. The average Bonchev–Trinajstić information content (AvgIpc) is 3.31. The van der Waals surface area contributed by atoms with Crippen molar-refractivity contribution in [1.82, 2.24) is 31.9 Å². The molecule has 3 atom stereocenters. The minimum atomic E-state index is -1.39. The summed E-state index contributed by atoms with van der Waals surface area (Å²) in [7, 11) is 0. The molecule has 3 rings (SSSR count). The molecule has 0 bridgehead atoms. The van der Waals surface area contributed by atoms with Crippen molar-refractivity contribution in [2.24, 2.45) is 0 Å². The number of aryl methyl sites for hydroxylation is 1. The van der Waals surface area contributed by atoms with Crippen molar-refractivity contribution in [3.8, 4) is 5.75 Å². The summed E-state index contributed by atoms with van der Waals surface area (Å²) >= 11 is 0. The van der Waals surface area contributed by atoms with Crippen LogP contribution in [0, 0.1) is 14.4 Å². The number of amides is 6. The number of phenols is 1. The number of hydrogen-bond acceptors (Lipinski definition) is 10. The molecule has 0 aliphatic carbocycles. The molecule has 0 saturated heterocycles. The molecular formula is C49H71KN7O14-. The molecule has 388 valence electrons. The number of carbonyl (C=O) groups is 9. The molecule has 2 unspecified atom stereocenters. The molecule has 0 aromatic heterocycles. The van der Waals surface area contributed by atoms with Crippen LogP contribution in [0.1, 0.15) is 102 Å². The van der Waals surface area contributed by atoms with Gasteiger partial charge in [-0.3, -0.25) is 28.8 Å². The Balaban J connectivity index is 0. The van der Waals surface area contributed by atoms with Crippen molar-refractivity contribution >= 4 is 64.3 Å². The fourth-order valence-corrected chi connectivity index (χ4v) is 6.23. The molecule has 0 aliphatic heterocycles. The maximum absolute atomic E-state index is 13.1. The number of carbonyl (C=O) groups excluding carboxylic acids is 5. The number of unbranched alkanes of at least 4 members (excludes halogenated alkanes) is 5. The molecule has 71 heavy (non-hydrogen) atoms. The Labute approximate surface area is 457 Å². The topological polar surface area (TPSA) is 351 Å². The first-order valence-corrected chi connectivity index (χ1v) is 22.8. The van der Waals surface area contributed by atoms with Gasteiger partial charge in [-0.15, -0.1) is 0 Å². The number of urea groups is 1. The minimum absolute atomic E-state index is 0. The van der Waals surface area contributed by atoms with Gasteiger partial charge in [0, 0.05) is 38.8 Å². The molecule has 0 fully saturated rings. The number of carboxylic acids is 4. The maximum Gasteiger partial charge on any atom is 1.00 e. The number of benzene rings is 3. The summed E-state index contributed by atoms with van der Waals surface area (Å²) in [5, 5.41) is 60.4. The van der Waals surface area contributed by atoms with Crippen LogP contribution in [0.5, 0.6) is 5.75 Å². The quantitative estimate of drug-likeness (QED) is 0.0269. The molecule has 0 heterocycles. The van der Waals surface area contributed by atoms with Crippen molar-refractivity contribution < 1.29 is 120 Å². The van der Waals surface area contributed by atoms with Gasteiger partial charge in [0.2, 0.25) is 17.7 Å². The van der Waals surface area contributed by atoms with E-state index >= 15 is 0 Å². The summed E-state index contributed by atoms with van der Waals surface area (Å²) in [6, 6.07) is 16.0. The van der Waals surface area contributed by atoms with Gasteiger partial charge < -0.3 is 70.6 Å². The third-order valence-electron chi connectivity index (χ3n) is 10.0. The Bertz CT molecular complexity index is 2090. The molecule has 3 aromatic carbocycles. The zero-order chi connectivity index (χ0) is 51.6. The molecule has 0 aliphatic rings. The zero-order valence-electron chi connectivity index (χ0n) is 41.2. The smallest absolute Gasteiger partial charge is 0.670 e. The van der Waals surface area contributed by atoms with Crippen LogP contribution in [0.15, 0.2) is 66.7 Å². The Morgan fingerprint density at radius 1 is 0.577 bits per heavy atom. The van der Waals surface area contributed by atoms with Gasteiger partial charge in [-0.25, -0.2) is 14.4 Å². The minimum Gasteiger partial charge on any atom is -0.670 e. The van der Waals surface area contributed by atoms with Gasteiger partial charge in [-0.05, 0) is 80.3 Å². The van der Waals surface area contributed by atoms with Crippen molar-refractivity contribution in [1.29, 1.82) is 0 Å². The van der Waals surface area contributed by atoms with Crippen LogP contribution < -0.4 is 83.3 Å². The van der Waals surface area contributed by atoms with E-state index in [-0.39, 0.29) is 89.9 Å². The molecular weight excluding hydrogens is 950 g/mol. The molecule has 3 aromatic rings. The first-order valence-electron chi connectivity index (χ1n) is 22.8. The Hall–Kier alpha value is -5.65. The number of phenolic OH excluding ortho intramolecular Hbond substituents is 1. The second-order valence-electron chi connectivity index (χ2n) is 15.9. The number of aliphatic carboxylic acids is 4. The first kappa shape index (κ1) is 67.4. The molecule has 12 N–H and O–H groups in total. The van der Waals surface area contributed by atoms with Crippen LogP contribution >= 0.6 is 0 Å². The summed E-state index contributed by atoms with van der Waals surface area (Å²) in [6.45, 7) is 3.99. The van der Waals surface area contributed by atoms with Crippen LogP contribution in [-0.2, 0) is 44.8 Å². The molecule has 0 saturated carbocycles. The van der Waals surface area contributed by atoms with Gasteiger partial charge in [0.1, 0.15) is 30.4 Å². The van der Waals surface area contributed by atoms with E-state index in [2.05, 4.69) is 28.2 Å². The van der Waals surface area contributed by atoms with Gasteiger partial charge >= 0.3 is 81.3 Å². The third-order valence-corrected chi connectivity index (χ3v) is 10.0. The van der Waals surface area contributed by atoms with E-state index in [0.717, 1.165) is 61.4 Å². The summed E-state index contributed by atoms with van der Waals surface area (Å²) in [4.78, 5) is 103. The predicted molar refractivity (Wildman–Crippen MR) is 263 cm³/mol. The van der Waals surface area contributed by atoms with Gasteiger partial charge in [0.05, 0.1) is 0 Å². The van der Waals surface area contributed by atoms with E-state index in [1.807, 2.05) is 72.2 Å². The molecule has 6 amide bonds. The van der Waals surface area contributed by atoms with E-state index < -0.39 is 79.4 Å². The van der Waals surface area contributed by atoms with Crippen molar-refractivity contribution in [2.45, 2.75) is 122 Å². The summed E-state index contributed by atoms with van der Waals surface area (Å²) in [6.07, 6.45) is 6.89. The summed E-state index contributed by atoms with van der Waals surface area (Å²) in [5.74, 6) is -5.95. The normalized spacial score (nSPS) is 11.3. The molecule has 0 spiro atoms. The average molecular weight is 1020 g/mol. The number of hydrogen-bond donors (Lipinski definition) is 11. The fraction of sp³-hybridized carbons (Fsp3) is 0.469. The van der Waals surface area contributed by atoms with Crippen LogP contribution in [0.2, 0.25) is 0 Å². The summed E-state index contributed by atoms with van der Waals surface area (Å²) < 4.78 is 0. The largest absolute Gasteiger partial charge is 1.00 e. The van der Waals surface area contributed by atoms with E-state index in [0.29, 0.717) is 38.0 Å². The molecule has 21 nitrogen and oxygen atoms in total. The van der Waals surface area contributed by atoms with Crippen LogP contribution in [0.4, 0.5) is 4.79 Å². The number of nitrogens with one attached hydrogen (secondary N) is 7. The maximum atomic E-state index is 13.1. The number of rotatable bonds is 29. The van der Waals surface area contributed by atoms with Gasteiger partial charge in [-0.2, -0.15) is 0 Å². The van der Waals surface area contributed by atoms with Crippen LogP contribution in [0.25, 0.3) is 16.5 Å². The Morgan fingerprint density at radius 3 is 1.66 bits per heavy atom. The second-order valence-corrected chi connectivity index (χ2v) is 15.9. The van der Waals surface area contributed by atoms with Crippen molar-refractivity contribution in [3.63, 3.8) is 0 Å². The van der Waals surface area contributed by atoms with Crippen molar-refractivity contribution in [3.05, 3.63) is 91.0 Å². The first-order chi connectivity index (χ1) is 32.8. The number of carboxylic acid groups (broad SMARTS) is 4. The Kier molecular flexibility index (Phi) is 38.0. The van der Waals surface area contributed by atoms with Gasteiger partial charge in [-0.1, -0.05) is 92.9 Å². The summed E-state index contributed by atoms with van der Waals surface area (Å²) in [5.41, 5.74) is 9.28. The number of fused-ring (bicyclic) bond motifs is 1. The van der Waals surface area contributed by atoms with E-state index in [1.165, 1.54) is 5.56 Å². The van der Waals surface area contributed by atoms with Crippen LogP contribution in [0.3, 0.4) is 0 Å². The molecule has 22 heteroatoms. The predicted octanol–water partition coefficient (Wildman–Crippen LogP) is 1.88. The van der Waals surface area contributed by atoms with Gasteiger partial charge in [0.15, 0.2) is 5.91 Å². The monoisotopic (exact) mass is 1020 g/mol.